The van der Waals surface area contributed by atoms with Crippen LogP contribution in [0, 0.1) is 12.8 Å². The number of rotatable bonds is 11. The first-order chi connectivity index (χ1) is 25.8. The maximum Gasteiger partial charge on any atom is 0.410 e. The predicted octanol–water partition coefficient (Wildman–Crippen LogP) is 9.26. The molecule has 5 atom stereocenters. The molecule has 3 saturated heterocycles. The number of ether oxygens (including phenoxy) is 3. The second-order valence-corrected chi connectivity index (χ2v) is 17.6. The Hall–Kier alpha value is -3.24. The van der Waals surface area contributed by atoms with E-state index < -0.39 is 11.5 Å². The molecule has 9 nitrogen and oxygen atoms in total. The summed E-state index contributed by atoms with van der Waals surface area (Å²) >= 11 is 19.7. The van der Waals surface area contributed by atoms with Crippen LogP contribution in [0.1, 0.15) is 87.5 Å². The number of carbonyl (C=O) groups is 2. The van der Waals surface area contributed by atoms with Gasteiger partial charge < -0.3 is 28.9 Å². The summed E-state index contributed by atoms with van der Waals surface area (Å²) in [5.74, 6) is 0.875. The van der Waals surface area contributed by atoms with Crippen molar-refractivity contribution in [2.75, 3.05) is 31.7 Å². The maximum atomic E-state index is 15.1. The number of methoxy groups -OCH3 is 1. The number of fused-ring (bicyclic) bond motifs is 2. The van der Waals surface area contributed by atoms with Crippen molar-refractivity contribution < 1.29 is 23.8 Å². The van der Waals surface area contributed by atoms with Crippen LogP contribution in [-0.4, -0.2) is 83.4 Å². The summed E-state index contributed by atoms with van der Waals surface area (Å²) in [6.07, 6.45) is 7.23. The van der Waals surface area contributed by atoms with Crippen molar-refractivity contribution in [1.29, 1.82) is 0 Å². The second kappa shape index (κ2) is 16.1. The van der Waals surface area contributed by atoms with E-state index in [1.165, 1.54) is 0 Å². The fraction of sp³-hybridized carbons (Fsp3) is 0.548. The molecule has 0 N–H and O–H groups in total. The topological polar surface area (TPSA) is 84.4 Å². The maximum absolute atomic E-state index is 15.1. The molecule has 54 heavy (non-hydrogen) atoms. The minimum atomic E-state index is -0.643. The van der Waals surface area contributed by atoms with Crippen molar-refractivity contribution in [2.45, 2.75) is 115 Å². The van der Waals surface area contributed by atoms with Gasteiger partial charge in [0.2, 0.25) is 5.91 Å². The molecule has 12 heteroatoms. The number of amides is 2. The number of pyridine rings is 1. The Bertz CT molecular complexity index is 1830. The van der Waals surface area contributed by atoms with Crippen LogP contribution in [-0.2, 0) is 27.2 Å². The summed E-state index contributed by atoms with van der Waals surface area (Å²) in [5, 5.41) is 1.66. The molecule has 0 unspecified atom stereocenters. The first kappa shape index (κ1) is 39.0. The highest BCUT2D eigenvalue weighted by Crippen LogP contribution is 2.49. The van der Waals surface area contributed by atoms with Gasteiger partial charge >= 0.3 is 6.09 Å². The first-order valence-electron chi connectivity index (χ1n) is 19.2. The zero-order chi connectivity index (χ0) is 38.3. The standard InChI is InChI=1S/C42H51Cl3N4O5/c1-25-18-34(44)39(35(45)19-25)53-31-14-16-47(24-31)37-13-7-27(22-46-37)32-21-30-10-12-36(49(30)41(51)54-42(2,3)4)38(32)40(50)48(29-8-9-29)23-28-20-26(15-17-52-5)6-11-33(28)43/h6-7,11,13,18-20,22,29-32,36,38H,8-10,12,14-17,21,23-24H2,1-5H3/t30-,31-,32+,36+,38+/m1/s1. The normalized spacial score (nSPS) is 23.8. The van der Waals surface area contributed by atoms with Crippen LogP contribution in [0.4, 0.5) is 10.6 Å². The monoisotopic (exact) mass is 796 g/mol. The van der Waals surface area contributed by atoms with E-state index >= 15 is 4.79 Å². The molecule has 7 rings (SSSR count). The summed E-state index contributed by atoms with van der Waals surface area (Å²) in [5.41, 5.74) is 3.40. The number of aryl methyl sites for hydroxylation is 1. The van der Waals surface area contributed by atoms with E-state index in [9.17, 15) is 4.79 Å². The van der Waals surface area contributed by atoms with Gasteiger partial charge in [0.25, 0.3) is 0 Å². The van der Waals surface area contributed by atoms with Crippen LogP contribution in [0.25, 0.3) is 0 Å². The largest absolute Gasteiger partial charge is 0.485 e. The molecule has 2 bridgehead atoms. The van der Waals surface area contributed by atoms with Gasteiger partial charge in [-0.15, -0.1) is 0 Å². The van der Waals surface area contributed by atoms with Gasteiger partial charge in [0.05, 0.1) is 29.1 Å². The van der Waals surface area contributed by atoms with Crippen molar-refractivity contribution in [3.05, 3.63) is 86.0 Å². The summed E-state index contributed by atoms with van der Waals surface area (Å²) in [6.45, 7) is 10.1. The highest BCUT2D eigenvalue weighted by Gasteiger charge is 2.55. The van der Waals surface area contributed by atoms with Crippen LogP contribution in [0.2, 0.25) is 15.1 Å². The summed E-state index contributed by atoms with van der Waals surface area (Å²) < 4.78 is 17.5. The number of anilines is 1. The molecule has 1 aliphatic carbocycles. The van der Waals surface area contributed by atoms with Gasteiger partial charge in [0.1, 0.15) is 17.5 Å². The molecule has 1 aromatic heterocycles. The number of hydrogen-bond acceptors (Lipinski definition) is 7. The molecular weight excluding hydrogens is 747 g/mol. The molecule has 0 spiro atoms. The highest BCUT2D eigenvalue weighted by molar-refractivity contribution is 6.37. The number of aromatic nitrogens is 1. The lowest BCUT2D eigenvalue weighted by Crippen LogP contribution is -2.56. The molecule has 2 aromatic carbocycles. The molecule has 3 aromatic rings. The van der Waals surface area contributed by atoms with E-state index in [1.807, 2.05) is 68.0 Å². The van der Waals surface area contributed by atoms with Crippen molar-refractivity contribution in [2.24, 2.45) is 5.92 Å². The summed E-state index contributed by atoms with van der Waals surface area (Å²) in [7, 11) is 1.69. The molecule has 4 aliphatic rings. The molecular formula is C42H51Cl3N4O5. The predicted molar refractivity (Wildman–Crippen MR) is 213 cm³/mol. The Morgan fingerprint density at radius 1 is 0.963 bits per heavy atom. The van der Waals surface area contributed by atoms with Crippen molar-refractivity contribution >= 4 is 52.6 Å². The highest BCUT2D eigenvalue weighted by atomic mass is 35.5. The van der Waals surface area contributed by atoms with Crippen molar-refractivity contribution in [3.63, 3.8) is 0 Å². The molecule has 290 valence electrons. The van der Waals surface area contributed by atoms with Gasteiger partial charge in [-0.2, -0.15) is 0 Å². The van der Waals surface area contributed by atoms with Crippen molar-refractivity contribution in [1.82, 2.24) is 14.8 Å². The number of piperidine rings is 1. The van der Waals surface area contributed by atoms with Gasteiger partial charge in [-0.3, -0.25) is 4.79 Å². The molecule has 4 heterocycles. The molecule has 0 radical (unpaired) electrons. The van der Waals surface area contributed by atoms with E-state index in [-0.39, 0.29) is 42.1 Å². The van der Waals surface area contributed by atoms with E-state index in [0.29, 0.717) is 46.9 Å². The zero-order valence-corrected chi connectivity index (χ0v) is 34.1. The lowest BCUT2D eigenvalue weighted by atomic mass is 9.75. The molecule has 4 fully saturated rings. The number of nitrogens with zero attached hydrogens (tertiary/aromatic N) is 4. The van der Waals surface area contributed by atoms with Gasteiger partial charge in [0, 0.05) is 61.9 Å². The number of halogens is 3. The van der Waals surface area contributed by atoms with E-state index in [0.717, 1.165) is 73.1 Å². The van der Waals surface area contributed by atoms with Crippen LogP contribution >= 0.6 is 34.8 Å². The summed E-state index contributed by atoms with van der Waals surface area (Å²) in [6, 6.07) is 13.8. The van der Waals surface area contributed by atoms with Gasteiger partial charge in [-0.05, 0) is 113 Å². The third-order valence-electron chi connectivity index (χ3n) is 11.2. The van der Waals surface area contributed by atoms with Crippen LogP contribution in [0.5, 0.6) is 5.75 Å². The molecule has 2 amide bonds. The Morgan fingerprint density at radius 2 is 1.72 bits per heavy atom. The Morgan fingerprint density at radius 3 is 2.39 bits per heavy atom. The Labute approximate surface area is 334 Å². The minimum Gasteiger partial charge on any atom is -0.485 e. The van der Waals surface area contributed by atoms with Crippen molar-refractivity contribution in [3.8, 4) is 5.75 Å². The van der Waals surface area contributed by atoms with E-state index in [1.54, 1.807) is 7.11 Å². The summed E-state index contributed by atoms with van der Waals surface area (Å²) in [4.78, 5) is 40.0. The van der Waals surface area contributed by atoms with Gasteiger partial charge in [-0.25, -0.2) is 9.78 Å². The fourth-order valence-corrected chi connectivity index (χ4v) is 9.42. The smallest absolute Gasteiger partial charge is 0.410 e. The minimum absolute atomic E-state index is 0.0169. The number of carbonyl (C=O) groups excluding carboxylic acids is 2. The van der Waals surface area contributed by atoms with Crippen LogP contribution in [0.15, 0.2) is 48.7 Å². The Kier molecular flexibility index (Phi) is 11.6. The zero-order valence-electron chi connectivity index (χ0n) is 31.8. The second-order valence-electron chi connectivity index (χ2n) is 16.4. The van der Waals surface area contributed by atoms with E-state index in [4.69, 9.17) is 54.0 Å². The molecule has 3 aliphatic heterocycles. The lowest BCUT2D eigenvalue weighted by molar-refractivity contribution is -0.141. The third kappa shape index (κ3) is 8.59. The third-order valence-corrected chi connectivity index (χ3v) is 12.2. The van der Waals surface area contributed by atoms with Crippen LogP contribution < -0.4 is 9.64 Å². The van der Waals surface area contributed by atoms with Gasteiger partial charge in [0.15, 0.2) is 5.75 Å². The quantitative estimate of drug-likeness (QED) is 0.191. The average Bonchev–Trinajstić information content (AvgIpc) is 3.77. The number of hydrogen-bond donors (Lipinski definition) is 0. The van der Waals surface area contributed by atoms with Crippen LogP contribution in [0.3, 0.4) is 0 Å². The number of benzene rings is 2. The lowest BCUT2D eigenvalue weighted by Gasteiger charge is -2.45. The molecule has 1 saturated carbocycles. The average molecular weight is 798 g/mol. The SMILES string of the molecule is COCCc1ccc(Cl)c(CN(C(=O)[C@H]2[C@H](c3ccc(N4CC[C@@H](Oc5c(Cl)cc(C)cc5Cl)C4)nc3)C[C@H]3CC[C@@H]2N3C(=O)OC(C)(C)C)C2CC2)c1. The fourth-order valence-electron chi connectivity index (χ4n) is 8.56. The van der Waals surface area contributed by atoms with Gasteiger partial charge in [-0.1, -0.05) is 53.0 Å². The van der Waals surface area contributed by atoms with E-state index in [2.05, 4.69) is 23.1 Å². The first-order valence-corrected chi connectivity index (χ1v) is 20.3. The Balaban J connectivity index is 1.14.